The number of aromatic carboxylic acids is 1. The molecule has 3 aliphatic rings. The Bertz CT molecular complexity index is 990. The molecule has 2 N–H and O–H groups in total. The molecule has 150 valence electrons. The van der Waals surface area contributed by atoms with Crippen molar-refractivity contribution in [3.8, 4) is 0 Å². The van der Waals surface area contributed by atoms with Crippen LogP contribution in [-0.4, -0.2) is 41.3 Å². The van der Waals surface area contributed by atoms with Gasteiger partial charge in [-0.2, -0.15) is 0 Å². The van der Waals surface area contributed by atoms with Gasteiger partial charge in [-0.3, -0.25) is 4.79 Å². The Hall–Kier alpha value is -2.12. The lowest BCUT2D eigenvalue weighted by Crippen LogP contribution is -2.40. The third kappa shape index (κ3) is 3.06. The lowest BCUT2D eigenvalue weighted by molar-refractivity contribution is 0.0695. The van der Waals surface area contributed by atoms with Gasteiger partial charge in [-0.05, 0) is 50.3 Å². The molecule has 0 bridgehead atoms. The van der Waals surface area contributed by atoms with Crippen molar-refractivity contribution in [3.63, 3.8) is 0 Å². The van der Waals surface area contributed by atoms with Gasteiger partial charge >= 0.3 is 5.97 Å². The van der Waals surface area contributed by atoms with Gasteiger partial charge in [0.2, 0.25) is 5.43 Å². The third-order valence-electron chi connectivity index (χ3n) is 6.21. The maximum absolute atomic E-state index is 15.0. The van der Waals surface area contributed by atoms with Gasteiger partial charge in [-0.15, -0.1) is 12.4 Å². The number of carboxylic acid groups (broad SMARTS) is 1. The minimum Gasteiger partial charge on any atom is -0.477 e. The van der Waals surface area contributed by atoms with Crippen LogP contribution in [0.1, 0.15) is 42.1 Å². The molecular weight excluding hydrogens is 385 g/mol. The highest BCUT2D eigenvalue weighted by Crippen LogP contribution is 2.39. The summed E-state index contributed by atoms with van der Waals surface area (Å²) >= 11 is 0. The maximum atomic E-state index is 15.0. The molecule has 5 rings (SSSR count). The molecule has 0 spiro atoms. The van der Waals surface area contributed by atoms with Crippen molar-refractivity contribution >= 4 is 35.0 Å². The number of nitrogens with zero attached hydrogens (tertiary/aromatic N) is 2. The van der Waals surface area contributed by atoms with E-state index in [1.54, 1.807) is 6.07 Å². The van der Waals surface area contributed by atoms with Gasteiger partial charge in [0.1, 0.15) is 11.4 Å². The first-order chi connectivity index (χ1) is 13.0. The van der Waals surface area contributed by atoms with Crippen LogP contribution in [0.25, 0.3) is 10.9 Å². The van der Waals surface area contributed by atoms with Crippen molar-refractivity contribution in [1.29, 1.82) is 0 Å². The molecule has 1 aromatic heterocycles. The van der Waals surface area contributed by atoms with E-state index in [1.165, 1.54) is 12.3 Å². The summed E-state index contributed by atoms with van der Waals surface area (Å²) in [5.74, 6) is -1.20. The monoisotopic (exact) mass is 407 g/mol. The van der Waals surface area contributed by atoms with Gasteiger partial charge in [0.15, 0.2) is 0 Å². The van der Waals surface area contributed by atoms with E-state index in [0.29, 0.717) is 23.2 Å². The number of hydrogen-bond donors (Lipinski definition) is 2. The molecule has 6 nitrogen and oxygen atoms in total. The Morgan fingerprint density at radius 3 is 2.68 bits per heavy atom. The zero-order valence-electron chi connectivity index (χ0n) is 15.4. The fourth-order valence-corrected chi connectivity index (χ4v) is 4.65. The van der Waals surface area contributed by atoms with Crippen LogP contribution in [0.15, 0.2) is 23.1 Å². The molecular formula is C20H23ClFN3O3. The third-order valence-corrected chi connectivity index (χ3v) is 6.21. The van der Waals surface area contributed by atoms with Crippen LogP contribution in [0.3, 0.4) is 0 Å². The summed E-state index contributed by atoms with van der Waals surface area (Å²) in [5, 5.41) is 13.0. The summed E-state index contributed by atoms with van der Waals surface area (Å²) in [6.45, 7) is 2.57. The lowest BCUT2D eigenvalue weighted by atomic mass is 9.94. The normalized spacial score (nSPS) is 24.1. The number of fused-ring (bicyclic) bond motifs is 2. The fourth-order valence-electron chi connectivity index (χ4n) is 4.65. The number of pyridine rings is 1. The quantitative estimate of drug-likeness (QED) is 0.818. The van der Waals surface area contributed by atoms with E-state index < -0.39 is 17.2 Å². The van der Waals surface area contributed by atoms with Gasteiger partial charge in [-0.1, -0.05) is 0 Å². The first kappa shape index (κ1) is 19.2. The zero-order valence-corrected chi connectivity index (χ0v) is 16.2. The maximum Gasteiger partial charge on any atom is 0.341 e. The molecule has 1 aliphatic carbocycles. The Balaban J connectivity index is 0.00000192. The molecule has 0 unspecified atom stereocenters. The van der Waals surface area contributed by atoms with Crippen LogP contribution >= 0.6 is 12.4 Å². The highest BCUT2D eigenvalue weighted by molar-refractivity contribution is 5.93. The molecule has 2 atom stereocenters. The predicted octanol–water partition coefficient (Wildman–Crippen LogP) is 2.78. The zero-order chi connectivity index (χ0) is 18.7. The number of benzene rings is 1. The molecule has 1 aromatic carbocycles. The Labute approximate surface area is 167 Å². The number of aromatic nitrogens is 1. The highest BCUT2D eigenvalue weighted by atomic mass is 35.5. The number of anilines is 1. The highest BCUT2D eigenvalue weighted by Gasteiger charge is 2.36. The number of carbonyl (C=O) groups is 1. The second-order valence-electron chi connectivity index (χ2n) is 8.00. The Morgan fingerprint density at radius 2 is 2.00 bits per heavy atom. The Kier molecular flexibility index (Phi) is 4.83. The van der Waals surface area contributed by atoms with Crippen molar-refractivity contribution < 1.29 is 14.3 Å². The van der Waals surface area contributed by atoms with Crippen LogP contribution in [-0.2, 0) is 0 Å². The second-order valence-corrected chi connectivity index (χ2v) is 8.00. The fraction of sp³-hybridized carbons (Fsp3) is 0.500. The van der Waals surface area contributed by atoms with E-state index >= 15 is 0 Å². The standard InChI is InChI=1S/C20H22FN3O3.ClH/c21-15-6-13-17(24(12-3-4-12)9-14(19(13)25)20(26)27)7-18(15)23-8-11-2-1-5-22-16(11)10-23;/h6-7,9,11-12,16,22H,1-5,8,10H2,(H,26,27);1H/t11-,16+;/m1./s1. The SMILES string of the molecule is Cl.O=C(O)c1cn(C2CC2)c2cc(N3C[C@H]4CCCN[C@H]4C3)c(F)cc2c1=O. The van der Waals surface area contributed by atoms with Gasteiger partial charge in [0.05, 0.1) is 11.2 Å². The van der Waals surface area contributed by atoms with Crippen LogP contribution in [0.4, 0.5) is 10.1 Å². The predicted molar refractivity (Wildman–Crippen MR) is 107 cm³/mol. The van der Waals surface area contributed by atoms with Gasteiger partial charge < -0.3 is 19.9 Å². The van der Waals surface area contributed by atoms with E-state index in [4.69, 9.17) is 0 Å². The van der Waals surface area contributed by atoms with Crippen molar-refractivity contribution in [2.24, 2.45) is 5.92 Å². The summed E-state index contributed by atoms with van der Waals surface area (Å²) in [6.07, 6.45) is 5.62. The van der Waals surface area contributed by atoms with Crippen molar-refractivity contribution in [1.82, 2.24) is 9.88 Å². The second kappa shape index (κ2) is 7.04. The minimum absolute atomic E-state index is 0. The molecule has 2 aromatic rings. The molecule has 1 saturated carbocycles. The van der Waals surface area contributed by atoms with E-state index in [2.05, 4.69) is 10.2 Å². The summed E-state index contributed by atoms with van der Waals surface area (Å²) in [6, 6.07) is 3.54. The Morgan fingerprint density at radius 1 is 1.21 bits per heavy atom. The number of hydrogen-bond acceptors (Lipinski definition) is 4. The molecule has 2 saturated heterocycles. The number of carboxylic acids is 1. The molecule has 28 heavy (non-hydrogen) atoms. The number of halogens is 2. The summed E-state index contributed by atoms with van der Waals surface area (Å²) in [5.41, 5.74) is 0.233. The van der Waals surface area contributed by atoms with Crippen molar-refractivity contribution in [2.45, 2.75) is 37.8 Å². The van der Waals surface area contributed by atoms with E-state index in [0.717, 1.165) is 45.3 Å². The molecule has 0 radical (unpaired) electrons. The van der Waals surface area contributed by atoms with E-state index in [9.17, 15) is 19.1 Å². The summed E-state index contributed by atoms with van der Waals surface area (Å²) < 4.78 is 16.8. The largest absolute Gasteiger partial charge is 0.477 e. The number of piperidine rings is 1. The number of nitrogens with one attached hydrogen (secondary N) is 1. The van der Waals surface area contributed by atoms with Crippen LogP contribution in [0, 0.1) is 11.7 Å². The van der Waals surface area contributed by atoms with Crippen molar-refractivity contribution in [2.75, 3.05) is 24.5 Å². The van der Waals surface area contributed by atoms with Crippen LogP contribution in [0.5, 0.6) is 0 Å². The summed E-state index contributed by atoms with van der Waals surface area (Å²) in [7, 11) is 0. The van der Waals surface area contributed by atoms with E-state index in [-0.39, 0.29) is 29.4 Å². The minimum atomic E-state index is -1.27. The first-order valence-electron chi connectivity index (χ1n) is 9.63. The molecule has 3 heterocycles. The number of rotatable bonds is 3. The topological polar surface area (TPSA) is 74.6 Å². The molecule has 3 fully saturated rings. The van der Waals surface area contributed by atoms with Crippen molar-refractivity contribution in [3.05, 3.63) is 39.9 Å². The smallest absolute Gasteiger partial charge is 0.341 e. The lowest BCUT2D eigenvalue weighted by Gasteiger charge is -2.24. The summed E-state index contributed by atoms with van der Waals surface area (Å²) in [4.78, 5) is 26.1. The van der Waals surface area contributed by atoms with Crippen LogP contribution in [0.2, 0.25) is 0 Å². The molecule has 2 aliphatic heterocycles. The van der Waals surface area contributed by atoms with Gasteiger partial charge in [-0.25, -0.2) is 9.18 Å². The average Bonchev–Trinajstić information content (AvgIpc) is 3.39. The van der Waals surface area contributed by atoms with Gasteiger partial charge in [0, 0.05) is 36.8 Å². The average molecular weight is 408 g/mol. The van der Waals surface area contributed by atoms with E-state index in [1.807, 2.05) is 4.57 Å². The van der Waals surface area contributed by atoms with Gasteiger partial charge in [0.25, 0.3) is 0 Å². The first-order valence-corrected chi connectivity index (χ1v) is 9.63. The molecule has 8 heteroatoms. The molecule has 0 amide bonds. The van der Waals surface area contributed by atoms with Crippen LogP contribution < -0.4 is 15.6 Å².